The molecule has 66 valence electrons. The van der Waals surface area contributed by atoms with Crippen molar-refractivity contribution in [3.63, 3.8) is 0 Å². The van der Waals surface area contributed by atoms with Gasteiger partial charge in [-0.15, -0.1) is 0 Å². The highest BCUT2D eigenvalue weighted by Crippen LogP contribution is 2.09. The zero-order valence-corrected chi connectivity index (χ0v) is 8.09. The molecule has 1 unspecified atom stereocenters. The van der Waals surface area contributed by atoms with Gasteiger partial charge < -0.3 is 5.32 Å². The molecule has 11 heavy (non-hydrogen) atoms. The normalized spacial score (nSPS) is 34.6. The van der Waals surface area contributed by atoms with Crippen molar-refractivity contribution >= 4 is 0 Å². The van der Waals surface area contributed by atoms with E-state index < -0.39 is 0 Å². The Morgan fingerprint density at radius 2 is 2.00 bits per heavy atom. The molecule has 0 aromatic carbocycles. The number of hydrogen-bond acceptors (Lipinski definition) is 2. The molecule has 0 aromatic rings. The molecule has 2 nitrogen and oxygen atoms in total. The van der Waals surface area contributed by atoms with Crippen molar-refractivity contribution in [1.29, 1.82) is 0 Å². The minimum Gasteiger partial charge on any atom is -0.311 e. The van der Waals surface area contributed by atoms with Crippen molar-refractivity contribution in [2.45, 2.75) is 45.8 Å². The third-order valence-electron chi connectivity index (χ3n) is 2.48. The highest BCUT2D eigenvalue weighted by atomic mass is 15.2. The lowest BCUT2D eigenvalue weighted by Crippen LogP contribution is -2.56. The average molecular weight is 156 g/mol. The summed E-state index contributed by atoms with van der Waals surface area (Å²) in [6.07, 6.45) is 0. The van der Waals surface area contributed by atoms with Gasteiger partial charge >= 0.3 is 0 Å². The summed E-state index contributed by atoms with van der Waals surface area (Å²) < 4.78 is 0. The molecule has 0 bridgehead atoms. The van der Waals surface area contributed by atoms with Crippen LogP contribution in [0.3, 0.4) is 0 Å². The van der Waals surface area contributed by atoms with Crippen molar-refractivity contribution < 1.29 is 0 Å². The molecule has 1 aliphatic heterocycles. The summed E-state index contributed by atoms with van der Waals surface area (Å²) in [5.74, 6) is 0. The van der Waals surface area contributed by atoms with Gasteiger partial charge in [0.05, 0.1) is 0 Å². The Hall–Kier alpha value is -0.0800. The minimum absolute atomic E-state index is 0.661. The maximum Gasteiger partial charge on any atom is 0.0195 e. The van der Waals surface area contributed by atoms with E-state index in [4.69, 9.17) is 0 Å². The number of rotatable bonds is 1. The molecule has 1 N–H and O–H groups in total. The van der Waals surface area contributed by atoms with Gasteiger partial charge in [-0.25, -0.2) is 0 Å². The zero-order chi connectivity index (χ0) is 8.43. The zero-order valence-electron chi connectivity index (χ0n) is 8.09. The lowest BCUT2D eigenvalue weighted by atomic mass is 10.1. The number of nitrogens with zero attached hydrogens (tertiary/aromatic N) is 1. The standard InChI is InChI=1S/C9H20N2/c1-7(2)11-6-8(3)10-5-9(11)4/h7-10H,5-6H2,1-4H3/t8?,9-/m0/s1. The Labute approximate surface area is 70.0 Å². The van der Waals surface area contributed by atoms with Crippen LogP contribution in [0.2, 0.25) is 0 Å². The van der Waals surface area contributed by atoms with Gasteiger partial charge in [-0.2, -0.15) is 0 Å². The van der Waals surface area contributed by atoms with Crippen molar-refractivity contribution in [2.75, 3.05) is 13.1 Å². The maximum absolute atomic E-state index is 3.47. The molecule has 0 radical (unpaired) electrons. The molecule has 1 aliphatic rings. The summed E-state index contributed by atoms with van der Waals surface area (Å²) in [4.78, 5) is 2.56. The van der Waals surface area contributed by atoms with Crippen molar-refractivity contribution in [2.24, 2.45) is 0 Å². The van der Waals surface area contributed by atoms with Gasteiger partial charge in [-0.05, 0) is 27.7 Å². The maximum atomic E-state index is 3.47. The first-order valence-electron chi connectivity index (χ1n) is 4.60. The van der Waals surface area contributed by atoms with Crippen LogP contribution in [0.25, 0.3) is 0 Å². The number of piperazine rings is 1. The third-order valence-corrected chi connectivity index (χ3v) is 2.48. The monoisotopic (exact) mass is 156 g/mol. The Bertz CT molecular complexity index is 123. The molecule has 0 saturated carbocycles. The lowest BCUT2D eigenvalue weighted by molar-refractivity contribution is 0.112. The number of nitrogens with one attached hydrogen (secondary N) is 1. The van der Waals surface area contributed by atoms with E-state index in [1.807, 2.05) is 0 Å². The molecule has 1 fully saturated rings. The third kappa shape index (κ3) is 2.17. The molecular weight excluding hydrogens is 136 g/mol. The van der Waals surface area contributed by atoms with Crippen molar-refractivity contribution in [3.05, 3.63) is 0 Å². The van der Waals surface area contributed by atoms with Crippen LogP contribution in [0.1, 0.15) is 27.7 Å². The fourth-order valence-corrected chi connectivity index (χ4v) is 1.77. The first-order valence-corrected chi connectivity index (χ1v) is 4.60. The van der Waals surface area contributed by atoms with Gasteiger partial charge in [-0.1, -0.05) is 0 Å². The predicted molar refractivity (Wildman–Crippen MR) is 48.8 cm³/mol. The predicted octanol–water partition coefficient (Wildman–Crippen LogP) is 1.08. The molecule has 0 aliphatic carbocycles. The van der Waals surface area contributed by atoms with Crippen LogP contribution in [-0.2, 0) is 0 Å². The highest BCUT2D eigenvalue weighted by Gasteiger charge is 2.23. The Kier molecular flexibility index (Phi) is 2.90. The van der Waals surface area contributed by atoms with Gasteiger partial charge in [0, 0.05) is 31.2 Å². The van der Waals surface area contributed by atoms with E-state index in [-0.39, 0.29) is 0 Å². The van der Waals surface area contributed by atoms with Crippen LogP contribution in [-0.4, -0.2) is 36.1 Å². The molecule has 1 saturated heterocycles. The number of hydrogen-bond donors (Lipinski definition) is 1. The Balaban J connectivity index is 2.47. The molecular formula is C9H20N2. The second-order valence-electron chi connectivity index (χ2n) is 3.95. The van der Waals surface area contributed by atoms with E-state index >= 15 is 0 Å². The summed E-state index contributed by atoms with van der Waals surface area (Å²) in [6.45, 7) is 11.4. The minimum atomic E-state index is 0.661. The van der Waals surface area contributed by atoms with Crippen LogP contribution >= 0.6 is 0 Å². The molecule has 1 rings (SSSR count). The first-order chi connectivity index (χ1) is 5.11. The van der Waals surface area contributed by atoms with E-state index in [2.05, 4.69) is 37.9 Å². The second kappa shape index (κ2) is 3.55. The largest absolute Gasteiger partial charge is 0.311 e. The first kappa shape index (κ1) is 9.01. The van der Waals surface area contributed by atoms with Crippen LogP contribution in [0.15, 0.2) is 0 Å². The average Bonchev–Trinajstić information content (AvgIpc) is 1.94. The van der Waals surface area contributed by atoms with Crippen LogP contribution in [0, 0.1) is 0 Å². The summed E-state index contributed by atoms with van der Waals surface area (Å²) >= 11 is 0. The fraction of sp³-hybridized carbons (Fsp3) is 1.00. The fourth-order valence-electron chi connectivity index (χ4n) is 1.77. The summed E-state index contributed by atoms with van der Waals surface area (Å²) in [6, 6.07) is 2.05. The van der Waals surface area contributed by atoms with Gasteiger partial charge in [0.25, 0.3) is 0 Å². The summed E-state index contributed by atoms with van der Waals surface area (Å²) in [5, 5.41) is 3.47. The molecule has 2 atom stereocenters. The van der Waals surface area contributed by atoms with E-state index in [1.54, 1.807) is 0 Å². The Morgan fingerprint density at radius 3 is 2.45 bits per heavy atom. The molecule has 2 heteroatoms. The topological polar surface area (TPSA) is 15.3 Å². The summed E-state index contributed by atoms with van der Waals surface area (Å²) in [7, 11) is 0. The van der Waals surface area contributed by atoms with Gasteiger partial charge in [0.1, 0.15) is 0 Å². The molecule has 0 aromatic heterocycles. The van der Waals surface area contributed by atoms with E-state index in [0.717, 1.165) is 6.54 Å². The van der Waals surface area contributed by atoms with Gasteiger partial charge in [0.2, 0.25) is 0 Å². The molecule has 0 amide bonds. The van der Waals surface area contributed by atoms with Crippen LogP contribution < -0.4 is 5.32 Å². The van der Waals surface area contributed by atoms with E-state index in [9.17, 15) is 0 Å². The van der Waals surface area contributed by atoms with Crippen molar-refractivity contribution in [1.82, 2.24) is 10.2 Å². The smallest absolute Gasteiger partial charge is 0.0195 e. The van der Waals surface area contributed by atoms with Gasteiger partial charge in [0.15, 0.2) is 0 Å². The molecule has 0 spiro atoms. The van der Waals surface area contributed by atoms with E-state index in [1.165, 1.54) is 6.54 Å². The second-order valence-corrected chi connectivity index (χ2v) is 3.95. The van der Waals surface area contributed by atoms with Crippen LogP contribution in [0.5, 0.6) is 0 Å². The van der Waals surface area contributed by atoms with Crippen molar-refractivity contribution in [3.8, 4) is 0 Å². The molecule has 1 heterocycles. The van der Waals surface area contributed by atoms with Gasteiger partial charge in [-0.3, -0.25) is 4.90 Å². The quantitative estimate of drug-likeness (QED) is 0.611. The summed E-state index contributed by atoms with van der Waals surface area (Å²) in [5.41, 5.74) is 0. The van der Waals surface area contributed by atoms with Crippen LogP contribution in [0.4, 0.5) is 0 Å². The SMILES string of the molecule is CC1CN(C(C)C)[C@@H](C)CN1. The highest BCUT2D eigenvalue weighted by molar-refractivity contribution is 4.82. The van der Waals surface area contributed by atoms with E-state index in [0.29, 0.717) is 18.1 Å². The lowest BCUT2D eigenvalue weighted by Gasteiger charge is -2.40. The Morgan fingerprint density at radius 1 is 1.36 bits per heavy atom.